The predicted molar refractivity (Wildman–Crippen MR) is 55.0 cm³/mol. The van der Waals surface area contributed by atoms with Gasteiger partial charge in [0.1, 0.15) is 12.4 Å². The standard InChI is InChI=1S/C11H20O3/c1-3-4-5-7-11(8-6-9-12)14-10(2)13/h9,11H,3-8H2,1-2H3/t11-/m0/s1. The highest BCUT2D eigenvalue weighted by Crippen LogP contribution is 2.11. The quantitative estimate of drug-likeness (QED) is 0.343. The molecule has 0 bridgehead atoms. The monoisotopic (exact) mass is 200 g/mol. The molecule has 0 N–H and O–H groups in total. The van der Waals surface area contributed by atoms with Crippen LogP contribution in [0.5, 0.6) is 0 Å². The van der Waals surface area contributed by atoms with Crippen molar-refractivity contribution in [3.05, 3.63) is 0 Å². The highest BCUT2D eigenvalue weighted by Gasteiger charge is 2.10. The molecule has 1 atom stereocenters. The fraction of sp³-hybridized carbons (Fsp3) is 0.818. The number of carbonyl (C=O) groups excluding carboxylic acids is 2. The van der Waals surface area contributed by atoms with Crippen LogP contribution in [0.3, 0.4) is 0 Å². The lowest BCUT2D eigenvalue weighted by atomic mass is 10.1. The number of unbranched alkanes of at least 4 members (excludes halogenated alkanes) is 2. The van der Waals surface area contributed by atoms with Crippen LogP contribution in [-0.4, -0.2) is 18.4 Å². The number of esters is 1. The smallest absolute Gasteiger partial charge is 0.302 e. The molecule has 3 heteroatoms. The summed E-state index contributed by atoms with van der Waals surface area (Å²) in [4.78, 5) is 20.9. The van der Waals surface area contributed by atoms with Gasteiger partial charge in [-0.3, -0.25) is 4.79 Å². The van der Waals surface area contributed by atoms with Crippen LogP contribution in [-0.2, 0) is 14.3 Å². The Morgan fingerprint density at radius 3 is 2.57 bits per heavy atom. The SMILES string of the molecule is CCCCC[C@@H](CCC=O)OC(C)=O. The molecule has 0 rings (SSSR count). The Hall–Kier alpha value is -0.860. The van der Waals surface area contributed by atoms with Gasteiger partial charge in [-0.15, -0.1) is 0 Å². The van der Waals surface area contributed by atoms with Crippen molar-refractivity contribution in [3.63, 3.8) is 0 Å². The van der Waals surface area contributed by atoms with Gasteiger partial charge in [0, 0.05) is 13.3 Å². The Bertz CT molecular complexity index is 166. The second-order valence-electron chi connectivity index (χ2n) is 3.47. The number of aldehydes is 1. The minimum atomic E-state index is -0.252. The molecule has 0 unspecified atom stereocenters. The van der Waals surface area contributed by atoms with E-state index in [1.807, 2.05) is 0 Å². The highest BCUT2D eigenvalue weighted by molar-refractivity contribution is 5.66. The average molecular weight is 200 g/mol. The van der Waals surface area contributed by atoms with Crippen molar-refractivity contribution in [1.82, 2.24) is 0 Å². The molecule has 0 amide bonds. The van der Waals surface area contributed by atoms with Crippen LogP contribution in [0.2, 0.25) is 0 Å². The van der Waals surface area contributed by atoms with Crippen molar-refractivity contribution in [2.75, 3.05) is 0 Å². The maximum absolute atomic E-state index is 10.7. The molecule has 0 heterocycles. The van der Waals surface area contributed by atoms with Crippen LogP contribution in [0.25, 0.3) is 0 Å². The zero-order chi connectivity index (χ0) is 10.8. The van der Waals surface area contributed by atoms with Gasteiger partial charge in [0.2, 0.25) is 0 Å². The van der Waals surface area contributed by atoms with Gasteiger partial charge in [0.15, 0.2) is 0 Å². The largest absolute Gasteiger partial charge is 0.463 e. The first-order valence-corrected chi connectivity index (χ1v) is 5.31. The molecule has 0 saturated carbocycles. The van der Waals surface area contributed by atoms with Crippen LogP contribution in [0, 0.1) is 0 Å². The molecule has 14 heavy (non-hydrogen) atoms. The maximum Gasteiger partial charge on any atom is 0.302 e. The van der Waals surface area contributed by atoms with Crippen LogP contribution in [0.15, 0.2) is 0 Å². The van der Waals surface area contributed by atoms with E-state index in [1.54, 1.807) is 0 Å². The topological polar surface area (TPSA) is 43.4 Å². The van der Waals surface area contributed by atoms with Gasteiger partial charge in [-0.05, 0) is 19.3 Å². The first kappa shape index (κ1) is 13.1. The molecule has 0 radical (unpaired) electrons. The molecular weight excluding hydrogens is 180 g/mol. The summed E-state index contributed by atoms with van der Waals surface area (Å²) in [5.41, 5.74) is 0. The Morgan fingerprint density at radius 1 is 1.36 bits per heavy atom. The first-order valence-electron chi connectivity index (χ1n) is 5.31. The lowest BCUT2D eigenvalue weighted by Gasteiger charge is -2.15. The zero-order valence-corrected chi connectivity index (χ0v) is 9.12. The lowest BCUT2D eigenvalue weighted by Crippen LogP contribution is -2.16. The van der Waals surface area contributed by atoms with E-state index in [0.29, 0.717) is 12.8 Å². The van der Waals surface area contributed by atoms with Gasteiger partial charge in [0.05, 0.1) is 0 Å². The van der Waals surface area contributed by atoms with Gasteiger partial charge in [-0.25, -0.2) is 0 Å². The Balaban J connectivity index is 3.71. The van der Waals surface area contributed by atoms with Crippen LogP contribution in [0.1, 0.15) is 52.4 Å². The van der Waals surface area contributed by atoms with E-state index < -0.39 is 0 Å². The van der Waals surface area contributed by atoms with Crippen molar-refractivity contribution in [1.29, 1.82) is 0 Å². The second-order valence-corrected chi connectivity index (χ2v) is 3.47. The number of carbonyl (C=O) groups is 2. The minimum absolute atomic E-state index is 0.0655. The zero-order valence-electron chi connectivity index (χ0n) is 9.12. The normalized spacial score (nSPS) is 12.1. The molecule has 0 spiro atoms. The first-order chi connectivity index (χ1) is 6.70. The molecule has 0 aromatic rings. The molecular formula is C11H20O3. The van der Waals surface area contributed by atoms with E-state index in [1.165, 1.54) is 6.92 Å². The summed E-state index contributed by atoms with van der Waals surface area (Å²) in [5, 5.41) is 0. The van der Waals surface area contributed by atoms with E-state index in [4.69, 9.17) is 4.74 Å². The molecule has 0 aromatic heterocycles. The summed E-state index contributed by atoms with van der Waals surface area (Å²) in [7, 11) is 0. The number of hydrogen-bond donors (Lipinski definition) is 0. The lowest BCUT2D eigenvalue weighted by molar-refractivity contribution is -0.147. The predicted octanol–water partition coefficient (Wildman–Crippen LogP) is 2.48. The molecule has 3 nitrogen and oxygen atoms in total. The molecule has 0 aromatic carbocycles. The summed E-state index contributed by atoms with van der Waals surface area (Å²) >= 11 is 0. The van der Waals surface area contributed by atoms with Crippen molar-refractivity contribution >= 4 is 12.3 Å². The average Bonchev–Trinajstić information content (AvgIpc) is 2.13. The van der Waals surface area contributed by atoms with Crippen molar-refractivity contribution in [2.45, 2.75) is 58.5 Å². The fourth-order valence-corrected chi connectivity index (χ4v) is 1.37. The van der Waals surface area contributed by atoms with Crippen molar-refractivity contribution in [2.24, 2.45) is 0 Å². The van der Waals surface area contributed by atoms with Gasteiger partial charge in [0.25, 0.3) is 0 Å². The van der Waals surface area contributed by atoms with Crippen LogP contribution >= 0.6 is 0 Å². The number of rotatable bonds is 8. The van der Waals surface area contributed by atoms with Gasteiger partial charge in [-0.2, -0.15) is 0 Å². The Kier molecular flexibility index (Phi) is 8.19. The summed E-state index contributed by atoms with van der Waals surface area (Å²) in [6.07, 6.45) is 6.19. The van der Waals surface area contributed by atoms with Crippen molar-refractivity contribution in [3.8, 4) is 0 Å². The third-order valence-corrected chi connectivity index (χ3v) is 2.07. The highest BCUT2D eigenvalue weighted by atomic mass is 16.5. The summed E-state index contributed by atoms with van der Waals surface area (Å²) in [5.74, 6) is -0.252. The third-order valence-electron chi connectivity index (χ3n) is 2.07. The Morgan fingerprint density at radius 2 is 2.07 bits per heavy atom. The van der Waals surface area contributed by atoms with Crippen LogP contribution < -0.4 is 0 Å². The molecule has 82 valence electrons. The molecule has 0 fully saturated rings. The van der Waals surface area contributed by atoms with E-state index >= 15 is 0 Å². The van der Waals surface area contributed by atoms with Gasteiger partial charge in [-0.1, -0.05) is 19.8 Å². The van der Waals surface area contributed by atoms with Gasteiger partial charge >= 0.3 is 5.97 Å². The van der Waals surface area contributed by atoms with Gasteiger partial charge < -0.3 is 9.53 Å². The molecule has 0 aliphatic carbocycles. The fourth-order valence-electron chi connectivity index (χ4n) is 1.37. The van der Waals surface area contributed by atoms with E-state index in [9.17, 15) is 9.59 Å². The minimum Gasteiger partial charge on any atom is -0.463 e. The molecule has 0 saturated heterocycles. The maximum atomic E-state index is 10.7. The molecule has 0 aliphatic heterocycles. The van der Waals surface area contributed by atoms with Crippen molar-refractivity contribution < 1.29 is 14.3 Å². The van der Waals surface area contributed by atoms with E-state index in [0.717, 1.165) is 32.0 Å². The van der Waals surface area contributed by atoms with E-state index in [2.05, 4.69) is 6.92 Å². The Labute approximate surface area is 85.8 Å². The molecule has 0 aliphatic rings. The van der Waals surface area contributed by atoms with Crippen LogP contribution in [0.4, 0.5) is 0 Å². The summed E-state index contributed by atoms with van der Waals surface area (Å²) in [6.45, 7) is 3.54. The summed E-state index contributed by atoms with van der Waals surface area (Å²) in [6, 6.07) is 0. The van der Waals surface area contributed by atoms with E-state index in [-0.39, 0.29) is 12.1 Å². The third kappa shape index (κ3) is 7.77. The number of hydrogen-bond acceptors (Lipinski definition) is 3. The summed E-state index contributed by atoms with van der Waals surface area (Å²) < 4.78 is 5.10. The number of ether oxygens (including phenoxy) is 1. The second kappa shape index (κ2) is 8.73.